The lowest BCUT2D eigenvalue weighted by Crippen LogP contribution is -2.18. The molecule has 0 fully saturated rings. The van der Waals surface area contributed by atoms with Gasteiger partial charge in [-0.05, 0) is 52.7 Å². The summed E-state index contributed by atoms with van der Waals surface area (Å²) in [5, 5.41) is 4.43. The molecule has 0 amide bonds. The van der Waals surface area contributed by atoms with Crippen LogP contribution in [0.25, 0.3) is 0 Å². The second kappa shape index (κ2) is 7.81. The number of thioether (sulfide) groups is 1. The number of aryl methyl sites for hydroxylation is 1. The van der Waals surface area contributed by atoms with Crippen molar-refractivity contribution < 1.29 is 0 Å². The number of rotatable bonds is 6. The first-order valence-electron chi connectivity index (χ1n) is 6.73. The molecular weight excluding hydrogens is 332 g/mol. The Labute approximate surface area is 133 Å². The van der Waals surface area contributed by atoms with Crippen LogP contribution in [0.5, 0.6) is 0 Å². The molecule has 0 spiro atoms. The molecule has 2 rings (SSSR count). The van der Waals surface area contributed by atoms with Crippen molar-refractivity contribution in [2.24, 2.45) is 0 Å². The lowest BCUT2D eigenvalue weighted by molar-refractivity contribution is 0.661. The highest BCUT2D eigenvalue weighted by molar-refractivity contribution is 9.10. The van der Waals surface area contributed by atoms with Crippen molar-refractivity contribution in [1.29, 1.82) is 0 Å². The molecule has 1 atom stereocenters. The Hall–Kier alpha value is -0.840. The predicted molar refractivity (Wildman–Crippen MR) is 90.3 cm³/mol. The maximum Gasteiger partial charge on any atom is 0.0961 e. The minimum Gasteiger partial charge on any atom is -0.312 e. The van der Waals surface area contributed by atoms with E-state index >= 15 is 0 Å². The van der Waals surface area contributed by atoms with E-state index < -0.39 is 0 Å². The van der Waals surface area contributed by atoms with Crippen LogP contribution < -0.4 is 5.32 Å². The fraction of sp³-hybridized carbons (Fsp3) is 0.312. The van der Waals surface area contributed by atoms with E-state index in [0.717, 1.165) is 21.7 Å². The summed E-state index contributed by atoms with van der Waals surface area (Å²) < 4.78 is 1.02. The van der Waals surface area contributed by atoms with Gasteiger partial charge in [-0.2, -0.15) is 0 Å². The van der Waals surface area contributed by atoms with Crippen molar-refractivity contribution in [2.75, 3.05) is 12.8 Å². The number of aromatic nitrogens is 1. The van der Waals surface area contributed by atoms with Gasteiger partial charge in [0.25, 0.3) is 0 Å². The number of nitrogens with zero attached hydrogens (tertiary/aromatic N) is 1. The van der Waals surface area contributed by atoms with Crippen LogP contribution in [0, 0.1) is 0 Å². The van der Waals surface area contributed by atoms with Crippen molar-refractivity contribution in [1.82, 2.24) is 10.3 Å². The van der Waals surface area contributed by atoms with Crippen molar-refractivity contribution in [3.8, 4) is 0 Å². The van der Waals surface area contributed by atoms with Crippen LogP contribution in [0.2, 0.25) is 0 Å². The molecule has 4 heteroatoms. The lowest BCUT2D eigenvalue weighted by atomic mass is 10.1. The van der Waals surface area contributed by atoms with E-state index in [1.807, 2.05) is 25.4 Å². The molecule has 0 aliphatic heterocycles. The molecule has 2 aromatic rings. The van der Waals surface area contributed by atoms with Crippen LogP contribution in [0.3, 0.4) is 0 Å². The highest BCUT2D eigenvalue weighted by Crippen LogP contribution is 2.24. The third-order valence-corrected chi connectivity index (χ3v) is 4.74. The second-order valence-electron chi connectivity index (χ2n) is 4.56. The normalized spacial score (nSPS) is 12.3. The Balaban J connectivity index is 1.99. The molecule has 2 nitrogen and oxygen atoms in total. The summed E-state index contributed by atoms with van der Waals surface area (Å²) in [6.45, 7) is 2.18. The summed E-state index contributed by atoms with van der Waals surface area (Å²) in [5.74, 6) is 0.969. The number of nitrogens with one attached hydrogen (secondary N) is 1. The molecule has 1 aromatic carbocycles. The van der Waals surface area contributed by atoms with Crippen molar-refractivity contribution in [3.05, 3.63) is 58.2 Å². The Morgan fingerprint density at radius 1 is 1.20 bits per heavy atom. The van der Waals surface area contributed by atoms with Gasteiger partial charge < -0.3 is 5.32 Å². The van der Waals surface area contributed by atoms with Crippen molar-refractivity contribution in [2.45, 2.75) is 24.4 Å². The van der Waals surface area contributed by atoms with E-state index in [1.165, 1.54) is 11.1 Å². The van der Waals surface area contributed by atoms with Crippen LogP contribution >= 0.6 is 27.7 Å². The lowest BCUT2D eigenvalue weighted by Gasteiger charge is -2.16. The fourth-order valence-electron chi connectivity index (χ4n) is 1.95. The van der Waals surface area contributed by atoms with Gasteiger partial charge in [-0.25, -0.2) is 4.98 Å². The molecule has 106 valence electrons. The Bertz CT molecular complexity index is 525. The van der Waals surface area contributed by atoms with E-state index in [2.05, 4.69) is 57.4 Å². The third-order valence-electron chi connectivity index (χ3n) is 3.24. The van der Waals surface area contributed by atoms with Gasteiger partial charge in [-0.1, -0.05) is 31.2 Å². The second-order valence-corrected chi connectivity index (χ2v) is 6.52. The van der Waals surface area contributed by atoms with Gasteiger partial charge in [0.15, 0.2) is 0 Å². The topological polar surface area (TPSA) is 24.9 Å². The quantitative estimate of drug-likeness (QED) is 0.778. The van der Waals surface area contributed by atoms with Crippen molar-refractivity contribution >= 4 is 27.7 Å². The molecule has 20 heavy (non-hydrogen) atoms. The smallest absolute Gasteiger partial charge is 0.0961 e. The first-order chi connectivity index (χ1) is 9.72. The van der Waals surface area contributed by atoms with Crippen LogP contribution in [-0.2, 0) is 6.42 Å². The zero-order chi connectivity index (χ0) is 14.4. The first kappa shape index (κ1) is 15.5. The molecule has 0 bridgehead atoms. The number of hydrogen-bond donors (Lipinski definition) is 1. The molecule has 1 aromatic heterocycles. The summed E-state index contributed by atoms with van der Waals surface area (Å²) in [4.78, 5) is 4.39. The molecular formula is C16H19BrN2S. The minimum absolute atomic E-state index is 0.344. The molecule has 1 heterocycles. The van der Waals surface area contributed by atoms with Gasteiger partial charge in [0.1, 0.15) is 0 Å². The zero-order valence-electron chi connectivity index (χ0n) is 11.8. The SMILES string of the molecule is CCc1ccc(C(CSc2ccc(Br)cn2)NC)cc1. The molecule has 1 N–H and O–H groups in total. The fourth-order valence-corrected chi connectivity index (χ4v) is 3.17. The molecule has 0 saturated heterocycles. The van der Waals surface area contributed by atoms with E-state index in [0.29, 0.717) is 6.04 Å². The van der Waals surface area contributed by atoms with E-state index in [1.54, 1.807) is 11.8 Å². The Morgan fingerprint density at radius 2 is 1.95 bits per heavy atom. The monoisotopic (exact) mass is 350 g/mol. The zero-order valence-corrected chi connectivity index (χ0v) is 14.2. The van der Waals surface area contributed by atoms with Crippen LogP contribution in [0.4, 0.5) is 0 Å². The number of pyridine rings is 1. The van der Waals surface area contributed by atoms with E-state index in [9.17, 15) is 0 Å². The maximum atomic E-state index is 4.39. The molecule has 0 aliphatic rings. The molecule has 1 unspecified atom stereocenters. The van der Waals surface area contributed by atoms with Gasteiger partial charge in [-0.15, -0.1) is 11.8 Å². The van der Waals surface area contributed by atoms with Crippen molar-refractivity contribution in [3.63, 3.8) is 0 Å². The Morgan fingerprint density at radius 3 is 2.50 bits per heavy atom. The summed E-state index contributed by atoms with van der Waals surface area (Å²) in [6.07, 6.45) is 2.93. The molecule has 0 aliphatic carbocycles. The van der Waals surface area contributed by atoms with Gasteiger partial charge >= 0.3 is 0 Å². The standard InChI is InChI=1S/C16H19BrN2S/c1-3-12-4-6-13(7-5-12)15(18-2)11-20-16-9-8-14(17)10-19-16/h4-10,15,18H,3,11H2,1-2H3. The summed E-state index contributed by atoms with van der Waals surface area (Å²) in [7, 11) is 2.01. The summed E-state index contributed by atoms with van der Waals surface area (Å²) in [6, 6.07) is 13.3. The average molecular weight is 351 g/mol. The number of benzene rings is 1. The minimum atomic E-state index is 0.344. The maximum absolute atomic E-state index is 4.39. The highest BCUT2D eigenvalue weighted by atomic mass is 79.9. The van der Waals surface area contributed by atoms with E-state index in [4.69, 9.17) is 0 Å². The number of halogens is 1. The molecule has 0 saturated carbocycles. The largest absolute Gasteiger partial charge is 0.312 e. The number of hydrogen-bond acceptors (Lipinski definition) is 3. The van der Waals surface area contributed by atoms with Crippen LogP contribution in [-0.4, -0.2) is 17.8 Å². The van der Waals surface area contributed by atoms with Gasteiger partial charge in [-0.3, -0.25) is 0 Å². The first-order valence-corrected chi connectivity index (χ1v) is 8.51. The Kier molecular flexibility index (Phi) is 6.07. The molecule has 0 radical (unpaired) electrons. The predicted octanol–water partition coefficient (Wildman–Crippen LogP) is 4.46. The van der Waals surface area contributed by atoms with Gasteiger partial charge in [0.2, 0.25) is 0 Å². The summed E-state index contributed by atoms with van der Waals surface area (Å²) in [5.41, 5.74) is 2.71. The highest BCUT2D eigenvalue weighted by Gasteiger charge is 2.10. The van der Waals surface area contributed by atoms with Gasteiger partial charge in [0.05, 0.1) is 5.03 Å². The summed E-state index contributed by atoms with van der Waals surface area (Å²) >= 11 is 5.18. The van der Waals surface area contributed by atoms with E-state index in [-0.39, 0.29) is 0 Å². The van der Waals surface area contributed by atoms with Crippen LogP contribution in [0.15, 0.2) is 52.1 Å². The van der Waals surface area contributed by atoms with Gasteiger partial charge in [0, 0.05) is 22.5 Å². The van der Waals surface area contributed by atoms with Crippen LogP contribution in [0.1, 0.15) is 24.1 Å². The average Bonchev–Trinajstić information content (AvgIpc) is 2.50. The third kappa shape index (κ3) is 4.33.